The van der Waals surface area contributed by atoms with Crippen molar-refractivity contribution in [2.75, 3.05) is 6.61 Å². The molecule has 0 saturated carbocycles. The SMILES string of the molecule is NC(=O)CC[C@H](N)C(=O)N[C@@H](CO)C(=O)N[C@@H](Cc1ccc(O)cc1)C(=O)N[C@@H](Cc1ccc(O)cc1)C(=O)O. The fraction of sp³-hybridized carbons (Fsp3) is 0.346. The van der Waals surface area contributed by atoms with Gasteiger partial charge in [-0.3, -0.25) is 19.2 Å². The maximum absolute atomic E-state index is 13.2. The van der Waals surface area contributed by atoms with Gasteiger partial charge < -0.3 is 47.8 Å². The molecule has 40 heavy (non-hydrogen) atoms. The van der Waals surface area contributed by atoms with Crippen LogP contribution in [-0.4, -0.2) is 80.8 Å². The Morgan fingerprint density at radius 1 is 0.700 bits per heavy atom. The molecule has 0 heterocycles. The zero-order valence-electron chi connectivity index (χ0n) is 21.4. The van der Waals surface area contributed by atoms with E-state index in [1.165, 1.54) is 48.5 Å². The first-order valence-electron chi connectivity index (χ1n) is 12.2. The van der Waals surface area contributed by atoms with Crippen molar-refractivity contribution < 1.29 is 44.4 Å². The molecule has 14 nitrogen and oxygen atoms in total. The van der Waals surface area contributed by atoms with Crippen molar-refractivity contribution in [2.45, 2.75) is 49.9 Å². The van der Waals surface area contributed by atoms with Crippen LogP contribution in [0, 0.1) is 0 Å². The number of aliphatic carboxylic acids is 1. The highest BCUT2D eigenvalue weighted by Gasteiger charge is 2.30. The fourth-order valence-electron chi connectivity index (χ4n) is 3.59. The minimum atomic E-state index is -1.52. The Bertz CT molecular complexity index is 1190. The van der Waals surface area contributed by atoms with Gasteiger partial charge in [-0.1, -0.05) is 24.3 Å². The Labute approximate surface area is 229 Å². The average Bonchev–Trinajstić information content (AvgIpc) is 2.91. The number of aliphatic hydroxyl groups is 1. The van der Waals surface area contributed by atoms with Gasteiger partial charge in [-0.05, 0) is 41.8 Å². The van der Waals surface area contributed by atoms with E-state index in [4.69, 9.17) is 11.5 Å². The van der Waals surface area contributed by atoms with Crippen LogP contribution < -0.4 is 27.4 Å². The van der Waals surface area contributed by atoms with Gasteiger partial charge in [0.1, 0.15) is 29.6 Å². The summed E-state index contributed by atoms with van der Waals surface area (Å²) in [6.07, 6.45) is -0.522. The molecule has 14 heteroatoms. The van der Waals surface area contributed by atoms with Gasteiger partial charge >= 0.3 is 5.97 Å². The van der Waals surface area contributed by atoms with Crippen molar-refractivity contribution >= 4 is 29.6 Å². The number of carbonyl (C=O) groups excluding carboxylic acids is 4. The molecule has 0 radical (unpaired) electrons. The number of aliphatic hydroxyl groups excluding tert-OH is 1. The second-order valence-corrected chi connectivity index (χ2v) is 9.06. The topological polar surface area (TPSA) is 254 Å². The van der Waals surface area contributed by atoms with Crippen molar-refractivity contribution in [3.8, 4) is 11.5 Å². The largest absolute Gasteiger partial charge is 0.508 e. The number of carboxylic acid groups (broad SMARTS) is 1. The zero-order valence-corrected chi connectivity index (χ0v) is 21.4. The molecule has 0 aliphatic rings. The summed E-state index contributed by atoms with van der Waals surface area (Å²) in [4.78, 5) is 61.3. The third-order valence-corrected chi connectivity index (χ3v) is 5.85. The van der Waals surface area contributed by atoms with E-state index in [0.717, 1.165) is 0 Å². The van der Waals surface area contributed by atoms with Crippen LogP contribution in [0.15, 0.2) is 48.5 Å². The van der Waals surface area contributed by atoms with Gasteiger partial charge in [0, 0.05) is 19.3 Å². The van der Waals surface area contributed by atoms with E-state index in [1.54, 1.807) is 0 Å². The summed E-state index contributed by atoms with van der Waals surface area (Å²) in [6, 6.07) is 5.98. The lowest BCUT2D eigenvalue weighted by Crippen LogP contribution is -2.58. The Morgan fingerprint density at radius 3 is 1.57 bits per heavy atom. The summed E-state index contributed by atoms with van der Waals surface area (Å²) in [6.45, 7) is -0.855. The molecule has 0 spiro atoms. The number of primary amides is 1. The molecule has 0 unspecified atom stereocenters. The van der Waals surface area contributed by atoms with E-state index in [0.29, 0.717) is 11.1 Å². The van der Waals surface area contributed by atoms with Gasteiger partial charge in [-0.15, -0.1) is 0 Å². The number of carbonyl (C=O) groups is 5. The Balaban J connectivity index is 2.19. The maximum atomic E-state index is 13.2. The second kappa shape index (κ2) is 15.0. The van der Waals surface area contributed by atoms with E-state index in [2.05, 4.69) is 16.0 Å². The lowest BCUT2D eigenvalue weighted by molar-refractivity contribution is -0.142. The molecule has 11 N–H and O–H groups in total. The number of hydrogen-bond acceptors (Lipinski definition) is 9. The lowest BCUT2D eigenvalue weighted by atomic mass is 10.0. The molecule has 2 rings (SSSR count). The molecule has 0 fully saturated rings. The number of nitrogens with one attached hydrogen (secondary N) is 3. The molecule has 0 saturated heterocycles. The van der Waals surface area contributed by atoms with Crippen molar-refractivity contribution in [3.05, 3.63) is 59.7 Å². The molecule has 0 aliphatic carbocycles. The molecule has 4 amide bonds. The minimum absolute atomic E-state index is 0.0179. The van der Waals surface area contributed by atoms with Crippen LogP contribution in [-0.2, 0) is 36.8 Å². The summed E-state index contributed by atoms with van der Waals surface area (Å²) >= 11 is 0. The van der Waals surface area contributed by atoms with E-state index in [9.17, 15) is 44.4 Å². The van der Waals surface area contributed by atoms with Crippen LogP contribution in [0.4, 0.5) is 0 Å². The summed E-state index contributed by atoms with van der Waals surface area (Å²) in [5.41, 5.74) is 11.8. The van der Waals surface area contributed by atoms with Crippen molar-refractivity contribution in [2.24, 2.45) is 11.5 Å². The van der Waals surface area contributed by atoms with Gasteiger partial charge in [0.2, 0.25) is 23.6 Å². The predicted octanol–water partition coefficient (Wildman–Crippen LogP) is -1.99. The number of phenolic OH excluding ortho intramolecular Hbond substituents is 2. The Hall–Kier alpha value is -4.69. The number of nitrogens with two attached hydrogens (primary N) is 2. The van der Waals surface area contributed by atoms with Crippen LogP contribution in [0.2, 0.25) is 0 Å². The molecular weight excluding hydrogens is 526 g/mol. The summed E-state index contributed by atoms with van der Waals surface area (Å²) < 4.78 is 0. The van der Waals surface area contributed by atoms with Gasteiger partial charge in [0.15, 0.2) is 0 Å². The maximum Gasteiger partial charge on any atom is 0.326 e. The van der Waals surface area contributed by atoms with Gasteiger partial charge in [-0.2, -0.15) is 0 Å². The number of benzene rings is 2. The van der Waals surface area contributed by atoms with Crippen LogP contribution >= 0.6 is 0 Å². The highest BCUT2D eigenvalue weighted by Crippen LogP contribution is 2.14. The quantitative estimate of drug-likeness (QED) is 0.116. The Morgan fingerprint density at radius 2 is 1.12 bits per heavy atom. The van der Waals surface area contributed by atoms with E-state index in [-0.39, 0.29) is 37.2 Å². The predicted molar refractivity (Wildman–Crippen MR) is 141 cm³/mol. The fourth-order valence-corrected chi connectivity index (χ4v) is 3.59. The number of hydrogen-bond donors (Lipinski definition) is 9. The van der Waals surface area contributed by atoms with Crippen LogP contribution in [0.3, 0.4) is 0 Å². The molecule has 4 atom stereocenters. The van der Waals surface area contributed by atoms with E-state index < -0.39 is 60.4 Å². The molecule has 2 aromatic carbocycles. The summed E-state index contributed by atoms with van der Waals surface area (Å²) in [5, 5.41) is 45.4. The smallest absolute Gasteiger partial charge is 0.326 e. The zero-order chi connectivity index (χ0) is 29.8. The molecular formula is C26H33N5O9. The summed E-state index contributed by atoms with van der Waals surface area (Å²) in [7, 11) is 0. The monoisotopic (exact) mass is 559 g/mol. The first-order chi connectivity index (χ1) is 18.9. The second-order valence-electron chi connectivity index (χ2n) is 9.06. The van der Waals surface area contributed by atoms with Gasteiger partial charge in [0.25, 0.3) is 0 Å². The third-order valence-electron chi connectivity index (χ3n) is 5.85. The highest BCUT2D eigenvalue weighted by molar-refractivity contribution is 5.94. The van der Waals surface area contributed by atoms with Crippen LogP contribution in [0.25, 0.3) is 0 Å². The third kappa shape index (κ3) is 10.2. The van der Waals surface area contributed by atoms with E-state index in [1.807, 2.05) is 0 Å². The first-order valence-corrected chi connectivity index (χ1v) is 12.2. The Kier molecular flexibility index (Phi) is 11.9. The number of carboxylic acids is 1. The van der Waals surface area contributed by atoms with Crippen molar-refractivity contribution in [3.63, 3.8) is 0 Å². The average molecular weight is 560 g/mol. The lowest BCUT2D eigenvalue weighted by Gasteiger charge is -2.24. The molecule has 2 aromatic rings. The highest BCUT2D eigenvalue weighted by atomic mass is 16.4. The molecule has 0 bridgehead atoms. The van der Waals surface area contributed by atoms with E-state index >= 15 is 0 Å². The van der Waals surface area contributed by atoms with Crippen LogP contribution in [0.1, 0.15) is 24.0 Å². The summed E-state index contributed by atoms with van der Waals surface area (Å²) in [5.74, 6) is -4.74. The van der Waals surface area contributed by atoms with Crippen molar-refractivity contribution in [1.29, 1.82) is 0 Å². The first kappa shape index (κ1) is 31.5. The molecule has 216 valence electrons. The number of aromatic hydroxyl groups is 2. The molecule has 0 aromatic heterocycles. The van der Waals surface area contributed by atoms with Crippen LogP contribution in [0.5, 0.6) is 11.5 Å². The minimum Gasteiger partial charge on any atom is -0.508 e. The van der Waals surface area contributed by atoms with Gasteiger partial charge in [0.05, 0.1) is 12.6 Å². The number of rotatable bonds is 15. The van der Waals surface area contributed by atoms with Crippen molar-refractivity contribution in [1.82, 2.24) is 16.0 Å². The number of phenols is 2. The standard InChI is InChI=1S/C26H33N5O9/c27-18(9-10-22(28)35)23(36)31-21(13-32)25(38)29-19(11-14-1-5-16(33)6-2-14)24(37)30-20(26(39)40)12-15-3-7-17(34)8-4-15/h1-8,18-21,32-34H,9-13,27H2,(H2,28,35)(H,29,38)(H,30,37)(H,31,36)(H,39,40)/t18-,19-,20-,21-/m0/s1. The number of amides is 4. The normalized spacial score (nSPS) is 13.8. The van der Waals surface area contributed by atoms with Gasteiger partial charge in [-0.25, -0.2) is 4.79 Å². The molecule has 0 aliphatic heterocycles.